The molecular weight excluding hydrogens is 505 g/mol. The second kappa shape index (κ2) is 8.16. The van der Waals surface area contributed by atoms with Gasteiger partial charge in [0.15, 0.2) is 0 Å². The molecule has 7 heteroatoms. The zero-order valence-electron chi connectivity index (χ0n) is 16.1. The van der Waals surface area contributed by atoms with Gasteiger partial charge in [0, 0.05) is 41.0 Å². The van der Waals surface area contributed by atoms with E-state index in [1.54, 1.807) is 12.4 Å². The van der Waals surface area contributed by atoms with Crippen molar-refractivity contribution in [1.82, 2.24) is 9.97 Å². The van der Waals surface area contributed by atoms with E-state index in [1.807, 2.05) is 48.3 Å². The summed E-state index contributed by atoms with van der Waals surface area (Å²) in [5, 5.41) is 5.58. The van der Waals surface area contributed by atoms with E-state index in [0.717, 1.165) is 27.7 Å². The van der Waals surface area contributed by atoms with Crippen LogP contribution in [-0.2, 0) is 0 Å². The van der Waals surface area contributed by atoms with Crippen LogP contribution in [0.15, 0.2) is 83.1 Å². The van der Waals surface area contributed by atoms with Crippen molar-refractivity contribution in [1.29, 1.82) is 0 Å². The van der Waals surface area contributed by atoms with Gasteiger partial charge in [-0.25, -0.2) is 9.98 Å². The van der Waals surface area contributed by atoms with Crippen LogP contribution in [0.1, 0.15) is 12.5 Å². The van der Waals surface area contributed by atoms with E-state index < -0.39 is 0 Å². The average Bonchev–Trinajstić information content (AvgIpc) is 3.13. The van der Waals surface area contributed by atoms with Crippen molar-refractivity contribution in [2.24, 2.45) is 10.7 Å². The smallest absolute Gasteiger partial charge is 0.141 e. The summed E-state index contributed by atoms with van der Waals surface area (Å²) in [7, 11) is 0. The Kier molecular flexibility index (Phi) is 5.22. The predicted octanol–water partition coefficient (Wildman–Crippen LogP) is 5.81. The second-order valence-electron chi connectivity index (χ2n) is 6.74. The molecule has 0 aliphatic carbocycles. The topological polar surface area (TPSA) is 76.2 Å². The number of aromatic nitrogens is 2. The number of hydrogen-bond acceptors (Lipinski definition) is 5. The summed E-state index contributed by atoms with van der Waals surface area (Å²) in [6.45, 7) is 2.21. The van der Waals surface area contributed by atoms with Crippen molar-refractivity contribution in [2.75, 3.05) is 5.32 Å². The Balaban J connectivity index is 1.46. The van der Waals surface area contributed by atoms with E-state index >= 15 is 0 Å². The van der Waals surface area contributed by atoms with E-state index in [1.165, 1.54) is 11.3 Å². The van der Waals surface area contributed by atoms with Gasteiger partial charge in [0.2, 0.25) is 0 Å². The van der Waals surface area contributed by atoms with Gasteiger partial charge in [0.05, 0.1) is 11.3 Å². The Bertz CT molecular complexity index is 1330. The van der Waals surface area contributed by atoms with Gasteiger partial charge in [-0.15, -0.1) is 0 Å². The molecule has 2 aromatic carbocycles. The lowest BCUT2D eigenvalue weighted by Gasteiger charge is -2.11. The molecule has 0 unspecified atom stereocenters. The van der Waals surface area contributed by atoms with Crippen molar-refractivity contribution in [3.63, 3.8) is 0 Å². The number of nitrogens with zero attached hydrogens (tertiary/aromatic N) is 3. The highest BCUT2D eigenvalue weighted by atomic mass is 127. The first kappa shape index (κ1) is 19.2. The summed E-state index contributed by atoms with van der Waals surface area (Å²) in [4.78, 5) is 14.7. The lowest BCUT2D eigenvalue weighted by Crippen LogP contribution is -2.15. The van der Waals surface area contributed by atoms with Crippen molar-refractivity contribution in [2.45, 2.75) is 11.8 Å². The first-order valence-electron chi connectivity index (χ1n) is 9.36. The van der Waals surface area contributed by atoms with Gasteiger partial charge in [-0.1, -0.05) is 38.6 Å². The van der Waals surface area contributed by atoms with E-state index in [4.69, 9.17) is 5.73 Å². The molecule has 1 aliphatic heterocycles. The number of thioether (sulfide) groups is 1. The molecule has 0 spiro atoms. The van der Waals surface area contributed by atoms with Crippen LogP contribution >= 0.6 is 32.5 Å². The molecule has 0 fully saturated rings. The highest BCUT2D eigenvalue weighted by molar-refractivity contribution is 14.2. The quantitative estimate of drug-likeness (QED) is 0.201. The monoisotopic (exact) mass is 523 g/mol. The molecule has 3 heterocycles. The molecule has 5 rings (SSSR count). The largest absolute Gasteiger partial charge is 0.383 e. The maximum absolute atomic E-state index is 6.40. The van der Waals surface area contributed by atoms with Gasteiger partial charge in [-0.05, 0) is 60.8 Å². The molecule has 4 aromatic rings. The third kappa shape index (κ3) is 3.95. The fraction of sp³-hybridized carbons (Fsp3) is 0.0435. The Morgan fingerprint density at radius 2 is 2.00 bits per heavy atom. The predicted molar refractivity (Wildman–Crippen MR) is 135 cm³/mol. The standard InChI is InChI=1S/C23H18IN5S/c1-14-24-20-12-18(6-7-21(20)30-14)28-22(25)19-3-2-9-27-23(19)29-17-5-4-15-8-10-26-13-16(15)11-17/h2-13H,1H3,(H2,25,28)(H,27,29). The summed E-state index contributed by atoms with van der Waals surface area (Å²) < 4.78 is 2.93. The Hall–Kier alpha value is -2.78. The number of anilines is 2. The van der Waals surface area contributed by atoms with E-state index in [0.29, 0.717) is 11.7 Å². The lowest BCUT2D eigenvalue weighted by molar-refractivity contribution is 1.28. The highest BCUT2D eigenvalue weighted by Gasteiger charge is 2.13. The van der Waals surface area contributed by atoms with Crippen LogP contribution in [0.3, 0.4) is 0 Å². The molecular formula is C23H18IN5S. The summed E-state index contributed by atoms with van der Waals surface area (Å²) in [5.41, 5.74) is 8.98. The van der Waals surface area contributed by atoms with Crippen molar-refractivity contribution >= 4 is 69.1 Å². The zero-order valence-corrected chi connectivity index (χ0v) is 19.1. The van der Waals surface area contributed by atoms with Crippen molar-refractivity contribution in [3.05, 3.63) is 82.3 Å². The fourth-order valence-corrected chi connectivity index (χ4v) is 7.80. The number of halogens is 1. The molecule has 5 nitrogen and oxygen atoms in total. The number of rotatable bonds is 4. The van der Waals surface area contributed by atoms with Gasteiger partial charge in [0.1, 0.15) is 11.7 Å². The molecule has 0 saturated carbocycles. The van der Waals surface area contributed by atoms with E-state index in [9.17, 15) is 0 Å². The van der Waals surface area contributed by atoms with Crippen molar-refractivity contribution in [3.8, 4) is 0 Å². The van der Waals surface area contributed by atoms with Crippen LogP contribution in [0.2, 0.25) is 0 Å². The van der Waals surface area contributed by atoms with Crippen LogP contribution in [0.5, 0.6) is 0 Å². The molecule has 0 saturated heterocycles. The molecule has 148 valence electrons. The average molecular weight is 523 g/mol. The summed E-state index contributed by atoms with van der Waals surface area (Å²) in [6, 6.07) is 18.3. The third-order valence-electron chi connectivity index (χ3n) is 4.64. The minimum atomic E-state index is -0.0539. The zero-order chi connectivity index (χ0) is 20.5. The number of aliphatic imine (C=N–C) groups is 1. The number of fused-ring (bicyclic) bond motifs is 2. The summed E-state index contributed by atoms with van der Waals surface area (Å²) in [6.07, 6.45) is 5.39. The molecule has 0 radical (unpaired) electrons. The molecule has 1 aliphatic rings. The maximum Gasteiger partial charge on any atom is 0.141 e. The Morgan fingerprint density at radius 3 is 2.93 bits per heavy atom. The van der Waals surface area contributed by atoms with E-state index in [-0.39, 0.29) is 20.7 Å². The number of amidine groups is 1. The van der Waals surface area contributed by atoms with Gasteiger partial charge >= 0.3 is 0 Å². The maximum atomic E-state index is 6.40. The first-order chi connectivity index (χ1) is 14.7. The molecule has 0 amide bonds. The van der Waals surface area contributed by atoms with Gasteiger partial charge in [-0.2, -0.15) is 0 Å². The van der Waals surface area contributed by atoms with Crippen LogP contribution in [0, 0.1) is 3.57 Å². The van der Waals surface area contributed by atoms with Gasteiger partial charge in [-0.3, -0.25) is 4.98 Å². The third-order valence-corrected chi connectivity index (χ3v) is 9.27. The van der Waals surface area contributed by atoms with Gasteiger partial charge < -0.3 is 11.1 Å². The summed E-state index contributed by atoms with van der Waals surface area (Å²) in [5.74, 6) is 1.12. The Labute approximate surface area is 188 Å². The number of benzene rings is 2. The number of hydrogen-bond donors (Lipinski definition) is 2. The molecule has 3 N–H and O–H groups in total. The lowest BCUT2D eigenvalue weighted by atomic mass is 10.1. The van der Waals surface area contributed by atoms with Crippen LogP contribution < -0.4 is 11.1 Å². The van der Waals surface area contributed by atoms with Crippen LogP contribution in [0.25, 0.3) is 10.8 Å². The number of pyridine rings is 2. The minimum absolute atomic E-state index is 0.0539. The number of nitrogens with two attached hydrogens (primary N) is 1. The van der Waals surface area contributed by atoms with Crippen molar-refractivity contribution < 1.29 is 0 Å². The summed E-state index contributed by atoms with van der Waals surface area (Å²) >= 11 is 1.83. The normalized spacial score (nSPS) is 13.5. The molecule has 2 aromatic heterocycles. The van der Waals surface area contributed by atoms with Gasteiger partial charge in [0.25, 0.3) is 0 Å². The molecule has 30 heavy (non-hydrogen) atoms. The molecule has 0 atom stereocenters. The minimum Gasteiger partial charge on any atom is -0.383 e. The molecule has 0 bridgehead atoms. The highest BCUT2D eigenvalue weighted by Crippen LogP contribution is 2.40. The Morgan fingerprint density at radius 1 is 1.07 bits per heavy atom. The SMILES string of the molecule is CC1=Ic2cc(N=C(N)c3cccnc3Nc3ccc4ccncc4c3)ccc2S1. The van der Waals surface area contributed by atoms with E-state index in [2.05, 4.69) is 51.5 Å². The second-order valence-corrected chi connectivity index (χ2v) is 12.0. The van der Waals surface area contributed by atoms with Crippen LogP contribution in [0.4, 0.5) is 17.2 Å². The fourth-order valence-electron chi connectivity index (χ4n) is 3.24. The van der Waals surface area contributed by atoms with Crippen LogP contribution in [-0.4, -0.2) is 18.6 Å². The first-order valence-corrected chi connectivity index (χ1v) is 12.3. The number of nitrogens with one attached hydrogen (secondary N) is 1.